The third-order valence-electron chi connectivity index (χ3n) is 7.29. The molecule has 4 nitrogen and oxygen atoms in total. The molecule has 2 aliphatic rings. The van der Waals surface area contributed by atoms with Crippen molar-refractivity contribution < 1.29 is 0 Å². The molecule has 4 aromatic rings. The molecule has 35 heavy (non-hydrogen) atoms. The lowest BCUT2D eigenvalue weighted by atomic mass is 9.88. The second-order valence-electron chi connectivity index (χ2n) is 9.26. The summed E-state index contributed by atoms with van der Waals surface area (Å²) in [5, 5.41) is 21.3. The molecule has 2 heterocycles. The summed E-state index contributed by atoms with van der Waals surface area (Å²) in [6, 6.07) is 28.2. The summed E-state index contributed by atoms with van der Waals surface area (Å²) >= 11 is 0. The molecule has 1 aliphatic carbocycles. The summed E-state index contributed by atoms with van der Waals surface area (Å²) in [5.41, 5.74) is 8.53. The smallest absolute Gasteiger partial charge is 0.0991 e. The van der Waals surface area contributed by atoms with E-state index in [2.05, 4.69) is 82.4 Å². The van der Waals surface area contributed by atoms with Crippen LogP contribution in [0.2, 0.25) is 0 Å². The van der Waals surface area contributed by atoms with Gasteiger partial charge in [0.05, 0.1) is 17.7 Å². The predicted molar refractivity (Wildman–Crippen MR) is 142 cm³/mol. The molecule has 0 amide bonds. The monoisotopic (exact) mass is 452 g/mol. The van der Waals surface area contributed by atoms with Gasteiger partial charge in [0.1, 0.15) is 0 Å². The van der Waals surface area contributed by atoms with E-state index in [9.17, 15) is 10.5 Å². The van der Waals surface area contributed by atoms with Crippen molar-refractivity contribution in [3.8, 4) is 12.1 Å². The molecule has 6 rings (SSSR count). The normalized spacial score (nSPS) is 17.9. The standard InChI is InChI=1S/C31H24N4/c32-18-21-8-13-31-28(16-21)27-6-1-2-7-30(27)35(31)26-5-3-4-24(17-26)22-9-11-23(12-10-22)29-20-34-15-14-25(29)19-33/h1-2,4,6-13,16,20,26H,3,5,14-15,17H2. The summed E-state index contributed by atoms with van der Waals surface area (Å²) in [6.07, 6.45) is 8.00. The fourth-order valence-electron chi connectivity index (χ4n) is 5.58. The van der Waals surface area contributed by atoms with E-state index in [0.29, 0.717) is 24.6 Å². The van der Waals surface area contributed by atoms with Crippen LogP contribution in [-0.4, -0.2) is 17.3 Å². The molecule has 1 aliphatic heterocycles. The summed E-state index contributed by atoms with van der Waals surface area (Å²) in [6.45, 7) is 0.694. The summed E-state index contributed by atoms with van der Waals surface area (Å²) in [4.78, 5) is 4.38. The van der Waals surface area contributed by atoms with E-state index in [-0.39, 0.29) is 0 Å². The molecule has 168 valence electrons. The van der Waals surface area contributed by atoms with Gasteiger partial charge >= 0.3 is 0 Å². The van der Waals surface area contributed by atoms with E-state index in [4.69, 9.17) is 0 Å². The van der Waals surface area contributed by atoms with Crippen LogP contribution >= 0.6 is 0 Å². The van der Waals surface area contributed by atoms with Gasteiger partial charge in [-0.1, -0.05) is 48.5 Å². The lowest BCUT2D eigenvalue weighted by molar-refractivity contribution is 0.493. The van der Waals surface area contributed by atoms with Crippen molar-refractivity contribution in [2.45, 2.75) is 31.7 Å². The van der Waals surface area contributed by atoms with Crippen LogP contribution in [0.15, 0.2) is 83.4 Å². The largest absolute Gasteiger partial charge is 0.337 e. The second-order valence-corrected chi connectivity index (χ2v) is 9.26. The number of benzene rings is 3. The van der Waals surface area contributed by atoms with Crippen molar-refractivity contribution in [3.63, 3.8) is 0 Å². The Morgan fingerprint density at radius 1 is 0.857 bits per heavy atom. The highest BCUT2D eigenvalue weighted by Crippen LogP contribution is 2.40. The maximum atomic E-state index is 9.48. The van der Waals surface area contributed by atoms with Gasteiger partial charge in [-0.15, -0.1) is 0 Å². The van der Waals surface area contributed by atoms with Gasteiger partial charge in [0.15, 0.2) is 0 Å². The number of nitriles is 2. The fourth-order valence-corrected chi connectivity index (χ4v) is 5.58. The molecule has 0 N–H and O–H groups in total. The third kappa shape index (κ3) is 3.65. The van der Waals surface area contributed by atoms with Crippen LogP contribution in [0.4, 0.5) is 0 Å². The number of dihydropyridines is 1. The van der Waals surface area contributed by atoms with Crippen molar-refractivity contribution in [2.75, 3.05) is 6.54 Å². The molecular weight excluding hydrogens is 428 g/mol. The molecule has 0 bridgehead atoms. The number of para-hydroxylation sites is 1. The Kier molecular flexibility index (Phi) is 5.28. The average molecular weight is 453 g/mol. The lowest BCUT2D eigenvalue weighted by Gasteiger charge is -2.26. The van der Waals surface area contributed by atoms with Crippen molar-refractivity contribution in [2.24, 2.45) is 4.99 Å². The number of rotatable bonds is 3. The zero-order valence-corrected chi connectivity index (χ0v) is 19.4. The highest BCUT2D eigenvalue weighted by molar-refractivity contribution is 6.12. The Bertz CT molecular complexity index is 1630. The number of nitrogens with zero attached hydrogens (tertiary/aromatic N) is 4. The Balaban J connectivity index is 1.35. The molecule has 0 saturated heterocycles. The first-order valence-corrected chi connectivity index (χ1v) is 12.1. The minimum absolute atomic E-state index is 0.350. The molecule has 1 atom stereocenters. The van der Waals surface area contributed by atoms with Crippen molar-refractivity contribution in [3.05, 3.63) is 95.1 Å². The van der Waals surface area contributed by atoms with Crippen LogP contribution < -0.4 is 0 Å². The van der Waals surface area contributed by atoms with Crippen LogP contribution in [-0.2, 0) is 0 Å². The number of fused-ring (bicyclic) bond motifs is 3. The molecule has 0 radical (unpaired) electrons. The molecule has 3 aromatic carbocycles. The van der Waals surface area contributed by atoms with Gasteiger partial charge in [-0.25, -0.2) is 0 Å². The minimum Gasteiger partial charge on any atom is -0.337 e. The number of aliphatic imine (C=N–C) groups is 1. The molecule has 4 heteroatoms. The third-order valence-corrected chi connectivity index (χ3v) is 7.29. The zero-order valence-electron chi connectivity index (χ0n) is 19.4. The summed E-state index contributed by atoms with van der Waals surface area (Å²) in [5.74, 6) is 0. The van der Waals surface area contributed by atoms with Crippen molar-refractivity contribution >= 4 is 39.2 Å². The maximum absolute atomic E-state index is 9.48. The summed E-state index contributed by atoms with van der Waals surface area (Å²) < 4.78 is 2.48. The minimum atomic E-state index is 0.350. The van der Waals surface area contributed by atoms with Gasteiger partial charge in [-0.2, -0.15) is 10.5 Å². The van der Waals surface area contributed by atoms with Crippen LogP contribution in [0.1, 0.15) is 48.4 Å². The first-order chi connectivity index (χ1) is 17.3. The summed E-state index contributed by atoms with van der Waals surface area (Å²) in [7, 11) is 0. The highest BCUT2D eigenvalue weighted by Gasteiger charge is 2.23. The number of hydrogen-bond donors (Lipinski definition) is 0. The number of hydrogen-bond acceptors (Lipinski definition) is 3. The predicted octanol–water partition coefficient (Wildman–Crippen LogP) is 7.23. The quantitative estimate of drug-likeness (QED) is 0.329. The molecule has 0 saturated carbocycles. The van der Waals surface area contributed by atoms with Gasteiger partial charge in [-0.3, -0.25) is 4.99 Å². The van der Waals surface area contributed by atoms with Crippen LogP contribution in [0, 0.1) is 22.7 Å². The van der Waals surface area contributed by atoms with Gasteiger partial charge < -0.3 is 4.57 Å². The van der Waals surface area contributed by atoms with Crippen LogP contribution in [0.3, 0.4) is 0 Å². The molecular formula is C31H24N4. The van der Waals surface area contributed by atoms with E-state index in [1.54, 1.807) is 0 Å². The van der Waals surface area contributed by atoms with Crippen LogP contribution in [0.5, 0.6) is 0 Å². The van der Waals surface area contributed by atoms with Crippen LogP contribution in [0.25, 0.3) is 33.0 Å². The maximum Gasteiger partial charge on any atom is 0.0991 e. The lowest BCUT2D eigenvalue weighted by Crippen LogP contribution is -2.12. The van der Waals surface area contributed by atoms with Gasteiger partial charge in [0.25, 0.3) is 0 Å². The fraction of sp³-hybridized carbons (Fsp3) is 0.194. The number of allylic oxidation sites excluding steroid dienone is 3. The number of aromatic nitrogens is 1. The Morgan fingerprint density at radius 3 is 2.49 bits per heavy atom. The SMILES string of the molecule is N#CC1=C(c2ccc(C3=CCCC(n4c5ccccc5c5cc(C#N)ccc54)C3)cc2)C=NCC1. The van der Waals surface area contributed by atoms with Crippen molar-refractivity contribution in [1.29, 1.82) is 10.5 Å². The van der Waals surface area contributed by atoms with E-state index >= 15 is 0 Å². The molecule has 0 spiro atoms. The second kappa shape index (κ2) is 8.75. The average Bonchev–Trinajstić information content (AvgIpc) is 3.27. The molecule has 1 unspecified atom stereocenters. The Hall–Kier alpha value is -4.41. The Morgan fingerprint density at radius 2 is 1.66 bits per heavy atom. The van der Waals surface area contributed by atoms with E-state index in [1.807, 2.05) is 18.3 Å². The zero-order chi connectivity index (χ0) is 23.8. The molecule has 0 fully saturated rings. The molecule has 1 aromatic heterocycles. The van der Waals surface area contributed by atoms with Gasteiger partial charge in [0.2, 0.25) is 0 Å². The first kappa shape index (κ1) is 21.1. The van der Waals surface area contributed by atoms with E-state index in [0.717, 1.165) is 41.4 Å². The highest BCUT2D eigenvalue weighted by atomic mass is 15.0. The van der Waals surface area contributed by atoms with Gasteiger partial charge in [-0.05, 0) is 60.2 Å². The van der Waals surface area contributed by atoms with E-state index < -0.39 is 0 Å². The van der Waals surface area contributed by atoms with E-state index in [1.165, 1.54) is 27.6 Å². The Labute approximate surface area is 204 Å². The first-order valence-electron chi connectivity index (χ1n) is 12.1. The van der Waals surface area contributed by atoms with Crippen molar-refractivity contribution in [1.82, 2.24) is 4.57 Å². The van der Waals surface area contributed by atoms with Gasteiger partial charge in [0, 0.05) is 58.2 Å². The topological polar surface area (TPSA) is 64.9 Å².